The van der Waals surface area contributed by atoms with E-state index in [-0.39, 0.29) is 5.56 Å². The summed E-state index contributed by atoms with van der Waals surface area (Å²) in [6.45, 7) is 1.76. The molecule has 1 aromatic rings. The molecule has 1 rings (SSSR count). The molecule has 0 aromatic heterocycles. The fraction of sp³-hybridized carbons (Fsp3) is 0.300. The lowest BCUT2D eigenvalue weighted by Gasteiger charge is -2.12. The monoisotopic (exact) mass is 198 g/mol. The van der Waals surface area contributed by atoms with Crippen LogP contribution in [0.15, 0.2) is 18.2 Å². The van der Waals surface area contributed by atoms with Gasteiger partial charge >= 0.3 is 5.97 Å². The summed E-state index contributed by atoms with van der Waals surface area (Å²) in [7, 11) is 1.24. The first-order chi connectivity index (χ1) is 6.56. The summed E-state index contributed by atoms with van der Waals surface area (Å²) < 4.78 is 17.9. The topological polar surface area (TPSA) is 46.5 Å². The molecule has 0 unspecified atom stereocenters. The van der Waals surface area contributed by atoms with Crippen LogP contribution in [0.3, 0.4) is 0 Å². The highest BCUT2D eigenvalue weighted by Gasteiger charge is 2.22. The molecule has 0 saturated carbocycles. The van der Waals surface area contributed by atoms with E-state index in [2.05, 4.69) is 0 Å². The third kappa shape index (κ3) is 2.09. The smallest absolute Gasteiger partial charge is 0.337 e. The predicted molar refractivity (Wildman–Crippen MR) is 48.5 cm³/mol. The highest BCUT2D eigenvalue weighted by atomic mass is 19.1. The average molecular weight is 198 g/mol. The average Bonchev–Trinajstić information content (AvgIpc) is 2.11. The van der Waals surface area contributed by atoms with Gasteiger partial charge < -0.3 is 9.84 Å². The number of aryl methyl sites for hydroxylation is 1. The molecule has 0 aliphatic rings. The summed E-state index contributed by atoms with van der Waals surface area (Å²) in [6.07, 6.45) is -1.24. The largest absolute Gasteiger partial charge is 0.479 e. The highest BCUT2D eigenvalue weighted by molar-refractivity contribution is 5.74. The summed E-state index contributed by atoms with van der Waals surface area (Å²) in [6, 6.07) is 4.28. The molecule has 4 heteroatoms. The van der Waals surface area contributed by atoms with Gasteiger partial charge in [-0.3, -0.25) is 0 Å². The first kappa shape index (κ1) is 10.7. The number of methoxy groups -OCH3 is 1. The van der Waals surface area contributed by atoms with Gasteiger partial charge in [0.25, 0.3) is 0 Å². The molecule has 0 heterocycles. The number of carboxylic acid groups (broad SMARTS) is 1. The third-order valence-corrected chi connectivity index (χ3v) is 1.89. The molecule has 0 spiro atoms. The molecule has 0 amide bonds. The Labute approximate surface area is 81.1 Å². The number of carbonyl (C=O) groups is 1. The molecule has 1 aromatic carbocycles. The molecule has 0 aliphatic heterocycles. The van der Waals surface area contributed by atoms with Crippen molar-refractivity contribution in [2.24, 2.45) is 0 Å². The van der Waals surface area contributed by atoms with E-state index in [9.17, 15) is 9.18 Å². The van der Waals surface area contributed by atoms with Gasteiger partial charge in [-0.25, -0.2) is 9.18 Å². The number of hydrogen-bond donors (Lipinski definition) is 1. The van der Waals surface area contributed by atoms with Crippen LogP contribution in [0.4, 0.5) is 4.39 Å². The van der Waals surface area contributed by atoms with Crippen molar-refractivity contribution < 1.29 is 19.0 Å². The normalized spacial score (nSPS) is 12.5. The first-order valence-electron chi connectivity index (χ1n) is 4.08. The van der Waals surface area contributed by atoms with Crippen molar-refractivity contribution in [3.63, 3.8) is 0 Å². The highest BCUT2D eigenvalue weighted by Crippen LogP contribution is 2.21. The van der Waals surface area contributed by atoms with Crippen LogP contribution >= 0.6 is 0 Å². The Morgan fingerprint density at radius 1 is 1.57 bits per heavy atom. The van der Waals surface area contributed by atoms with Crippen LogP contribution in [0.2, 0.25) is 0 Å². The standard InChI is InChI=1S/C10H11FO3/c1-6-3-4-8(11)7(5-6)9(14-2)10(12)13/h3-5,9H,1-2H3,(H,12,13)/t9-/m0/s1. The van der Waals surface area contributed by atoms with E-state index < -0.39 is 17.9 Å². The van der Waals surface area contributed by atoms with Crippen LogP contribution in [0, 0.1) is 12.7 Å². The van der Waals surface area contributed by atoms with Crippen molar-refractivity contribution in [2.45, 2.75) is 13.0 Å². The van der Waals surface area contributed by atoms with E-state index in [1.54, 1.807) is 13.0 Å². The van der Waals surface area contributed by atoms with Crippen molar-refractivity contribution in [1.82, 2.24) is 0 Å². The molecule has 76 valence electrons. The van der Waals surface area contributed by atoms with Crippen LogP contribution < -0.4 is 0 Å². The lowest BCUT2D eigenvalue weighted by atomic mass is 10.1. The fourth-order valence-corrected chi connectivity index (χ4v) is 1.22. The van der Waals surface area contributed by atoms with E-state index in [1.165, 1.54) is 19.2 Å². The van der Waals surface area contributed by atoms with E-state index in [1.807, 2.05) is 0 Å². The Kier molecular flexibility index (Phi) is 3.19. The zero-order chi connectivity index (χ0) is 10.7. The van der Waals surface area contributed by atoms with Gasteiger partial charge in [0.1, 0.15) is 5.82 Å². The second-order valence-electron chi connectivity index (χ2n) is 2.98. The van der Waals surface area contributed by atoms with Gasteiger partial charge in [-0.05, 0) is 19.1 Å². The number of hydrogen-bond acceptors (Lipinski definition) is 2. The molecule has 0 fully saturated rings. The second-order valence-corrected chi connectivity index (χ2v) is 2.98. The van der Waals surface area contributed by atoms with E-state index >= 15 is 0 Å². The van der Waals surface area contributed by atoms with Gasteiger partial charge in [0.15, 0.2) is 6.10 Å². The number of rotatable bonds is 3. The molecule has 1 N–H and O–H groups in total. The Morgan fingerprint density at radius 2 is 2.21 bits per heavy atom. The maximum atomic E-state index is 13.2. The number of halogens is 1. The number of benzene rings is 1. The van der Waals surface area contributed by atoms with Crippen molar-refractivity contribution in [3.05, 3.63) is 35.1 Å². The summed E-state index contributed by atoms with van der Waals surface area (Å²) in [4.78, 5) is 10.7. The zero-order valence-electron chi connectivity index (χ0n) is 7.95. The van der Waals surface area contributed by atoms with Gasteiger partial charge in [0.05, 0.1) is 0 Å². The van der Waals surface area contributed by atoms with Crippen LogP contribution in [0.25, 0.3) is 0 Å². The summed E-state index contributed by atoms with van der Waals surface area (Å²) in [5.41, 5.74) is 0.852. The molecule has 1 atom stereocenters. The molecule has 14 heavy (non-hydrogen) atoms. The minimum atomic E-state index is -1.24. The van der Waals surface area contributed by atoms with Crippen LogP contribution in [0.1, 0.15) is 17.2 Å². The maximum absolute atomic E-state index is 13.2. The maximum Gasteiger partial charge on any atom is 0.337 e. The Balaban J connectivity index is 3.15. The van der Waals surface area contributed by atoms with Crippen molar-refractivity contribution in [3.8, 4) is 0 Å². The Bertz CT molecular complexity index is 349. The minimum absolute atomic E-state index is 0.0556. The third-order valence-electron chi connectivity index (χ3n) is 1.89. The van der Waals surface area contributed by atoms with Crippen LogP contribution in [-0.2, 0) is 9.53 Å². The van der Waals surface area contributed by atoms with Crippen LogP contribution in [-0.4, -0.2) is 18.2 Å². The van der Waals surface area contributed by atoms with Gasteiger partial charge in [-0.2, -0.15) is 0 Å². The molecular formula is C10H11FO3. The first-order valence-corrected chi connectivity index (χ1v) is 4.08. The van der Waals surface area contributed by atoms with E-state index in [0.29, 0.717) is 0 Å². The molecule has 0 radical (unpaired) electrons. The van der Waals surface area contributed by atoms with Crippen molar-refractivity contribution >= 4 is 5.97 Å². The molecule has 0 bridgehead atoms. The zero-order valence-corrected chi connectivity index (χ0v) is 7.95. The number of aliphatic carboxylic acids is 1. The molecule has 3 nitrogen and oxygen atoms in total. The molecule has 0 saturated heterocycles. The molecular weight excluding hydrogens is 187 g/mol. The Morgan fingerprint density at radius 3 is 2.71 bits per heavy atom. The van der Waals surface area contributed by atoms with Gasteiger partial charge in [-0.1, -0.05) is 11.6 Å². The summed E-state index contributed by atoms with van der Waals surface area (Å²) in [5, 5.41) is 8.75. The van der Waals surface area contributed by atoms with Crippen molar-refractivity contribution in [1.29, 1.82) is 0 Å². The van der Waals surface area contributed by atoms with E-state index in [0.717, 1.165) is 5.56 Å². The lowest BCUT2D eigenvalue weighted by molar-refractivity contribution is -0.149. The molecule has 0 aliphatic carbocycles. The summed E-state index contributed by atoms with van der Waals surface area (Å²) in [5.74, 6) is -1.76. The number of carboxylic acids is 1. The fourth-order valence-electron chi connectivity index (χ4n) is 1.22. The van der Waals surface area contributed by atoms with E-state index in [4.69, 9.17) is 9.84 Å². The second kappa shape index (κ2) is 4.19. The van der Waals surface area contributed by atoms with Crippen molar-refractivity contribution in [2.75, 3.05) is 7.11 Å². The van der Waals surface area contributed by atoms with Crippen LogP contribution in [0.5, 0.6) is 0 Å². The van der Waals surface area contributed by atoms with Gasteiger partial charge in [-0.15, -0.1) is 0 Å². The minimum Gasteiger partial charge on any atom is -0.479 e. The quantitative estimate of drug-likeness (QED) is 0.806. The Hall–Kier alpha value is -1.42. The SMILES string of the molecule is CO[C@H](C(=O)O)c1cc(C)ccc1F. The lowest BCUT2D eigenvalue weighted by Crippen LogP contribution is -2.15. The predicted octanol–water partition coefficient (Wildman–Crippen LogP) is 1.91. The van der Waals surface area contributed by atoms with Gasteiger partial charge in [0.2, 0.25) is 0 Å². The van der Waals surface area contributed by atoms with Gasteiger partial charge in [0, 0.05) is 12.7 Å². The summed E-state index contributed by atoms with van der Waals surface area (Å²) >= 11 is 0. The number of ether oxygens (including phenoxy) is 1.